The molecular weight excluding hydrogens is 270 g/mol. The van der Waals surface area contributed by atoms with Crippen LogP contribution < -0.4 is 10.1 Å². The van der Waals surface area contributed by atoms with Crippen LogP contribution in [0.25, 0.3) is 6.08 Å². The second-order valence-electron chi connectivity index (χ2n) is 4.81. The van der Waals surface area contributed by atoms with E-state index in [9.17, 15) is 9.59 Å². The number of amides is 1. The number of ether oxygens (including phenoxy) is 1. The molecule has 0 aliphatic heterocycles. The van der Waals surface area contributed by atoms with Gasteiger partial charge in [-0.15, -0.1) is 0 Å². The fourth-order valence-electron chi connectivity index (χ4n) is 1.84. The fourth-order valence-corrected chi connectivity index (χ4v) is 1.84. The molecule has 0 aliphatic rings. The molecule has 1 unspecified atom stereocenters. The minimum Gasteiger partial charge on any atom is -0.497 e. The van der Waals surface area contributed by atoms with Crippen LogP contribution in [0.4, 0.5) is 0 Å². The molecule has 5 heteroatoms. The van der Waals surface area contributed by atoms with Gasteiger partial charge < -0.3 is 15.2 Å². The predicted molar refractivity (Wildman–Crippen MR) is 81.1 cm³/mol. The number of nitrogens with one attached hydrogen (secondary N) is 1. The van der Waals surface area contributed by atoms with E-state index >= 15 is 0 Å². The van der Waals surface area contributed by atoms with Crippen LogP contribution in [0, 0.1) is 0 Å². The maximum atomic E-state index is 11.7. The third-order valence-corrected chi connectivity index (χ3v) is 2.94. The van der Waals surface area contributed by atoms with E-state index < -0.39 is 5.97 Å². The number of methoxy groups -OCH3 is 1. The van der Waals surface area contributed by atoms with Crippen molar-refractivity contribution in [3.05, 3.63) is 35.9 Å². The van der Waals surface area contributed by atoms with Crippen molar-refractivity contribution in [3.8, 4) is 5.75 Å². The number of carbonyl (C=O) groups excluding carboxylic acids is 1. The molecule has 0 heterocycles. The highest BCUT2D eigenvalue weighted by Crippen LogP contribution is 2.13. The van der Waals surface area contributed by atoms with Gasteiger partial charge in [-0.05, 0) is 43.5 Å². The topological polar surface area (TPSA) is 75.6 Å². The molecule has 0 aliphatic carbocycles. The van der Waals surface area contributed by atoms with Crippen molar-refractivity contribution in [2.75, 3.05) is 7.11 Å². The molecule has 1 aromatic rings. The van der Waals surface area contributed by atoms with Gasteiger partial charge in [0, 0.05) is 18.5 Å². The quantitative estimate of drug-likeness (QED) is 0.721. The van der Waals surface area contributed by atoms with Crippen LogP contribution in [0.15, 0.2) is 30.3 Å². The molecule has 0 saturated heterocycles. The first-order valence-electron chi connectivity index (χ1n) is 6.85. The van der Waals surface area contributed by atoms with E-state index in [2.05, 4.69) is 5.32 Å². The Morgan fingerprint density at radius 2 is 2.19 bits per heavy atom. The van der Waals surface area contributed by atoms with Crippen LogP contribution in [0.3, 0.4) is 0 Å². The van der Waals surface area contributed by atoms with Crippen LogP contribution in [-0.4, -0.2) is 30.1 Å². The van der Waals surface area contributed by atoms with Gasteiger partial charge in [0.15, 0.2) is 0 Å². The molecule has 0 saturated carbocycles. The first-order chi connectivity index (χ1) is 10.0. The van der Waals surface area contributed by atoms with Gasteiger partial charge in [-0.3, -0.25) is 9.59 Å². The Morgan fingerprint density at radius 3 is 2.86 bits per heavy atom. The molecule has 1 amide bonds. The molecule has 5 nitrogen and oxygen atoms in total. The summed E-state index contributed by atoms with van der Waals surface area (Å²) in [7, 11) is 1.59. The van der Waals surface area contributed by atoms with Crippen molar-refractivity contribution in [2.24, 2.45) is 0 Å². The molecule has 21 heavy (non-hydrogen) atoms. The van der Waals surface area contributed by atoms with Crippen molar-refractivity contribution < 1.29 is 19.4 Å². The largest absolute Gasteiger partial charge is 0.497 e. The Labute approximate surface area is 124 Å². The Balaban J connectivity index is 2.41. The molecule has 0 radical (unpaired) electrons. The van der Waals surface area contributed by atoms with Crippen molar-refractivity contribution >= 4 is 18.0 Å². The lowest BCUT2D eigenvalue weighted by molar-refractivity contribution is -0.137. The summed E-state index contributed by atoms with van der Waals surface area (Å²) in [6.45, 7) is 1.86. The van der Waals surface area contributed by atoms with Crippen LogP contribution >= 0.6 is 0 Å². The zero-order chi connectivity index (χ0) is 15.7. The summed E-state index contributed by atoms with van der Waals surface area (Å²) in [5.41, 5.74) is 0.878. The number of benzene rings is 1. The van der Waals surface area contributed by atoms with E-state index in [1.807, 2.05) is 31.2 Å². The maximum Gasteiger partial charge on any atom is 0.303 e. The van der Waals surface area contributed by atoms with Crippen molar-refractivity contribution in [3.63, 3.8) is 0 Å². The number of carbonyl (C=O) groups is 2. The molecule has 0 spiro atoms. The second-order valence-corrected chi connectivity index (χ2v) is 4.81. The van der Waals surface area contributed by atoms with Crippen LogP contribution in [0.1, 0.15) is 31.7 Å². The SMILES string of the molecule is COc1cccc(/C=C/C(=O)NC(C)CCCC(=O)O)c1. The number of hydrogen-bond donors (Lipinski definition) is 2. The Bertz CT molecular complexity index is 511. The average Bonchev–Trinajstić information content (AvgIpc) is 2.45. The zero-order valence-corrected chi connectivity index (χ0v) is 12.3. The van der Waals surface area contributed by atoms with Gasteiger partial charge >= 0.3 is 5.97 Å². The van der Waals surface area contributed by atoms with E-state index in [0.717, 1.165) is 11.3 Å². The summed E-state index contributed by atoms with van der Waals surface area (Å²) in [6.07, 6.45) is 4.49. The van der Waals surface area contributed by atoms with E-state index in [-0.39, 0.29) is 18.4 Å². The summed E-state index contributed by atoms with van der Waals surface area (Å²) in [4.78, 5) is 22.1. The normalized spacial score (nSPS) is 12.1. The van der Waals surface area contributed by atoms with E-state index in [0.29, 0.717) is 12.8 Å². The Hall–Kier alpha value is -2.30. The molecule has 0 bridgehead atoms. The van der Waals surface area contributed by atoms with Gasteiger partial charge in [0.25, 0.3) is 0 Å². The highest BCUT2D eigenvalue weighted by Gasteiger charge is 2.06. The van der Waals surface area contributed by atoms with Crippen molar-refractivity contribution in [1.29, 1.82) is 0 Å². The standard InChI is InChI=1S/C16H21NO4/c1-12(5-3-8-16(19)20)17-15(18)10-9-13-6-4-7-14(11-13)21-2/h4,6-7,9-12H,3,5,8H2,1-2H3,(H,17,18)(H,19,20)/b10-9+. The predicted octanol–water partition coefficient (Wildman–Crippen LogP) is 2.47. The summed E-state index contributed by atoms with van der Waals surface area (Å²) in [5.74, 6) is -0.272. The lowest BCUT2D eigenvalue weighted by atomic mass is 10.1. The lowest BCUT2D eigenvalue weighted by Gasteiger charge is -2.11. The van der Waals surface area contributed by atoms with E-state index in [1.165, 1.54) is 6.08 Å². The summed E-state index contributed by atoms with van der Waals surface area (Å²) < 4.78 is 5.11. The number of carboxylic acids is 1. The van der Waals surface area contributed by atoms with Gasteiger partial charge in [0.2, 0.25) is 5.91 Å². The number of rotatable bonds is 8. The van der Waals surface area contributed by atoms with E-state index in [1.54, 1.807) is 13.2 Å². The van der Waals surface area contributed by atoms with Crippen LogP contribution in [-0.2, 0) is 9.59 Å². The highest BCUT2D eigenvalue weighted by molar-refractivity contribution is 5.91. The molecule has 1 aromatic carbocycles. The number of hydrogen-bond acceptors (Lipinski definition) is 3. The van der Waals surface area contributed by atoms with Gasteiger partial charge in [-0.1, -0.05) is 12.1 Å². The monoisotopic (exact) mass is 291 g/mol. The fraction of sp³-hybridized carbons (Fsp3) is 0.375. The number of carboxylic acid groups (broad SMARTS) is 1. The molecule has 114 valence electrons. The maximum absolute atomic E-state index is 11.7. The zero-order valence-electron chi connectivity index (χ0n) is 12.3. The molecule has 0 aromatic heterocycles. The lowest BCUT2D eigenvalue weighted by Crippen LogP contribution is -2.31. The summed E-state index contributed by atoms with van der Waals surface area (Å²) in [5, 5.41) is 11.4. The van der Waals surface area contributed by atoms with Gasteiger partial charge in [-0.2, -0.15) is 0 Å². The smallest absolute Gasteiger partial charge is 0.303 e. The Kier molecular flexibility index (Phi) is 7.01. The number of aliphatic carboxylic acids is 1. The minimum atomic E-state index is -0.813. The van der Waals surface area contributed by atoms with E-state index in [4.69, 9.17) is 9.84 Å². The molecule has 1 atom stereocenters. The van der Waals surface area contributed by atoms with Gasteiger partial charge in [0.1, 0.15) is 5.75 Å². The molecule has 1 rings (SSSR count). The van der Waals surface area contributed by atoms with Gasteiger partial charge in [-0.25, -0.2) is 0 Å². The second kappa shape index (κ2) is 8.79. The highest BCUT2D eigenvalue weighted by atomic mass is 16.5. The molecular formula is C16H21NO4. The molecule has 2 N–H and O–H groups in total. The van der Waals surface area contributed by atoms with Crippen molar-refractivity contribution in [2.45, 2.75) is 32.2 Å². The molecule has 0 fully saturated rings. The summed E-state index contributed by atoms with van der Waals surface area (Å²) >= 11 is 0. The first kappa shape index (κ1) is 16.8. The third-order valence-electron chi connectivity index (χ3n) is 2.94. The minimum absolute atomic E-state index is 0.0493. The first-order valence-corrected chi connectivity index (χ1v) is 6.85. The van der Waals surface area contributed by atoms with Crippen LogP contribution in [0.5, 0.6) is 5.75 Å². The average molecular weight is 291 g/mol. The van der Waals surface area contributed by atoms with Crippen molar-refractivity contribution in [1.82, 2.24) is 5.32 Å². The summed E-state index contributed by atoms with van der Waals surface area (Å²) in [6, 6.07) is 7.35. The van der Waals surface area contributed by atoms with Crippen LogP contribution in [0.2, 0.25) is 0 Å². The third kappa shape index (κ3) is 7.15. The Morgan fingerprint density at radius 1 is 1.43 bits per heavy atom. The van der Waals surface area contributed by atoms with Gasteiger partial charge in [0.05, 0.1) is 7.11 Å².